The summed E-state index contributed by atoms with van der Waals surface area (Å²) in [5, 5.41) is 16.0. The van der Waals surface area contributed by atoms with E-state index in [9.17, 15) is 14.9 Å². The van der Waals surface area contributed by atoms with Crippen LogP contribution in [0.5, 0.6) is 0 Å². The van der Waals surface area contributed by atoms with Gasteiger partial charge in [-0.25, -0.2) is 4.68 Å². The van der Waals surface area contributed by atoms with E-state index in [1.165, 1.54) is 22.6 Å². The van der Waals surface area contributed by atoms with E-state index < -0.39 is 18.5 Å². The molecule has 1 amide bonds. The van der Waals surface area contributed by atoms with Gasteiger partial charge in [0.05, 0.1) is 17.6 Å². The van der Waals surface area contributed by atoms with Crippen LogP contribution in [0.25, 0.3) is 5.69 Å². The van der Waals surface area contributed by atoms with Gasteiger partial charge in [0.1, 0.15) is 11.6 Å². The third-order valence-corrected chi connectivity index (χ3v) is 5.20. The molecule has 0 saturated heterocycles. The molecular weight excluding hydrogens is 456 g/mol. The summed E-state index contributed by atoms with van der Waals surface area (Å²) >= 11 is 4.66. The molecule has 0 radical (unpaired) electrons. The van der Waals surface area contributed by atoms with Gasteiger partial charge in [0, 0.05) is 9.37 Å². The molecule has 0 fully saturated rings. The second-order valence-corrected chi connectivity index (χ2v) is 7.68. The van der Waals surface area contributed by atoms with Gasteiger partial charge in [0.2, 0.25) is 0 Å². The maximum atomic E-state index is 12.2. The Hall–Kier alpha value is -3.09. The van der Waals surface area contributed by atoms with Gasteiger partial charge in [0.25, 0.3) is 5.91 Å². The number of para-hydroxylation sites is 1. The van der Waals surface area contributed by atoms with Crippen LogP contribution in [-0.2, 0) is 14.3 Å². The number of nitrogens with zero attached hydrogens (tertiary/aromatic N) is 3. The summed E-state index contributed by atoms with van der Waals surface area (Å²) in [6.07, 6.45) is 1.36. The van der Waals surface area contributed by atoms with E-state index in [2.05, 4.69) is 26.3 Å². The number of carbonyl (C=O) groups is 2. The van der Waals surface area contributed by atoms with Crippen molar-refractivity contribution in [1.29, 1.82) is 5.26 Å². The lowest BCUT2D eigenvalue weighted by Gasteiger charge is -2.10. The number of anilines is 1. The molecule has 0 atom stereocenters. The van der Waals surface area contributed by atoms with Gasteiger partial charge in [-0.05, 0) is 36.4 Å². The number of carbonyl (C=O) groups excluding carboxylic acids is 2. The highest BCUT2D eigenvalue weighted by Crippen LogP contribution is 2.21. The van der Waals surface area contributed by atoms with E-state index in [1.54, 1.807) is 12.1 Å². The number of esters is 1. The Kier molecular flexibility index (Phi) is 7.05. The van der Waals surface area contributed by atoms with Crippen LogP contribution in [0.2, 0.25) is 0 Å². The van der Waals surface area contributed by atoms with Crippen molar-refractivity contribution < 1.29 is 14.3 Å². The molecule has 0 aliphatic rings. The summed E-state index contributed by atoms with van der Waals surface area (Å²) in [6, 6.07) is 18.6. The fraction of sp³-hybridized carbons (Fsp3) is 0.100. The van der Waals surface area contributed by atoms with Crippen LogP contribution in [0.15, 0.2) is 70.2 Å². The van der Waals surface area contributed by atoms with Crippen molar-refractivity contribution in [1.82, 2.24) is 9.78 Å². The lowest BCUT2D eigenvalue weighted by atomic mass is 10.3. The second kappa shape index (κ2) is 9.91. The molecule has 9 heteroatoms. The molecule has 7 nitrogen and oxygen atoms in total. The highest BCUT2D eigenvalue weighted by atomic mass is 79.9. The molecule has 1 heterocycles. The molecule has 0 bridgehead atoms. The monoisotopic (exact) mass is 470 g/mol. The first-order valence-corrected chi connectivity index (χ1v) is 10.2. The number of hydrogen-bond acceptors (Lipinski definition) is 6. The van der Waals surface area contributed by atoms with E-state index in [4.69, 9.17) is 4.74 Å². The standard InChI is InChI=1S/C20H15BrN4O3S/c21-15-6-8-17(9-7-15)29-13-19(27)28-12-18(26)24-20-14(10-22)11-23-25(20)16-4-2-1-3-5-16/h1-9,11H,12-13H2,(H,24,26). The number of nitrogens with one attached hydrogen (secondary N) is 1. The fourth-order valence-electron chi connectivity index (χ4n) is 2.34. The molecule has 1 aromatic heterocycles. The second-order valence-electron chi connectivity index (χ2n) is 5.72. The number of benzene rings is 2. The first-order chi connectivity index (χ1) is 14.1. The number of halogens is 1. The van der Waals surface area contributed by atoms with Crippen LogP contribution in [0.3, 0.4) is 0 Å². The Balaban J connectivity index is 1.55. The number of amides is 1. The predicted molar refractivity (Wildman–Crippen MR) is 113 cm³/mol. The highest BCUT2D eigenvalue weighted by molar-refractivity contribution is 9.10. The van der Waals surface area contributed by atoms with Crippen LogP contribution < -0.4 is 5.32 Å². The summed E-state index contributed by atoms with van der Waals surface area (Å²) in [7, 11) is 0. The SMILES string of the molecule is N#Cc1cnn(-c2ccccc2)c1NC(=O)COC(=O)CSc1ccc(Br)cc1. The van der Waals surface area contributed by atoms with Crippen LogP contribution in [-0.4, -0.2) is 34.0 Å². The van der Waals surface area contributed by atoms with Crippen LogP contribution in [0.4, 0.5) is 5.82 Å². The van der Waals surface area contributed by atoms with E-state index >= 15 is 0 Å². The van der Waals surface area contributed by atoms with Crippen molar-refractivity contribution >= 4 is 45.4 Å². The molecule has 0 spiro atoms. The average Bonchev–Trinajstić information content (AvgIpc) is 3.15. The molecule has 0 unspecified atom stereocenters. The minimum absolute atomic E-state index is 0.0836. The van der Waals surface area contributed by atoms with E-state index in [0.29, 0.717) is 5.69 Å². The van der Waals surface area contributed by atoms with Crippen molar-refractivity contribution in [3.05, 3.63) is 70.8 Å². The quantitative estimate of drug-likeness (QED) is 0.416. The molecule has 0 aliphatic heterocycles. The van der Waals surface area contributed by atoms with Gasteiger partial charge in [-0.1, -0.05) is 34.1 Å². The van der Waals surface area contributed by atoms with Crippen molar-refractivity contribution in [2.75, 3.05) is 17.7 Å². The Morgan fingerprint density at radius 3 is 2.59 bits per heavy atom. The Bertz CT molecular complexity index is 1050. The zero-order chi connectivity index (χ0) is 20.6. The molecule has 146 valence electrons. The Morgan fingerprint density at radius 1 is 1.17 bits per heavy atom. The lowest BCUT2D eigenvalue weighted by Crippen LogP contribution is -2.23. The zero-order valence-electron chi connectivity index (χ0n) is 15.0. The zero-order valence-corrected chi connectivity index (χ0v) is 17.4. The summed E-state index contributed by atoms with van der Waals surface area (Å²) < 4.78 is 7.42. The van der Waals surface area contributed by atoms with Crippen molar-refractivity contribution in [3.63, 3.8) is 0 Å². The van der Waals surface area contributed by atoms with E-state index in [-0.39, 0.29) is 17.1 Å². The molecule has 0 saturated carbocycles. The Morgan fingerprint density at radius 2 is 1.90 bits per heavy atom. The number of ether oxygens (including phenoxy) is 1. The summed E-state index contributed by atoms with van der Waals surface area (Å²) in [6.45, 7) is -0.454. The summed E-state index contributed by atoms with van der Waals surface area (Å²) in [5.74, 6) is -0.754. The maximum absolute atomic E-state index is 12.2. The Labute approximate surface area is 179 Å². The molecule has 1 N–H and O–H groups in total. The van der Waals surface area contributed by atoms with E-state index in [1.807, 2.05) is 48.5 Å². The minimum atomic E-state index is -0.554. The number of thioether (sulfide) groups is 1. The third-order valence-electron chi connectivity index (χ3n) is 3.68. The van der Waals surface area contributed by atoms with Crippen LogP contribution in [0, 0.1) is 11.3 Å². The average molecular weight is 471 g/mol. The summed E-state index contributed by atoms with van der Waals surface area (Å²) in [5.41, 5.74) is 0.895. The van der Waals surface area contributed by atoms with Gasteiger partial charge in [0.15, 0.2) is 12.4 Å². The van der Waals surface area contributed by atoms with Gasteiger partial charge < -0.3 is 10.1 Å². The number of aromatic nitrogens is 2. The maximum Gasteiger partial charge on any atom is 0.316 e. The number of nitriles is 1. The minimum Gasteiger partial charge on any atom is -0.455 e. The number of rotatable bonds is 7. The number of hydrogen-bond donors (Lipinski definition) is 1. The molecular formula is C20H15BrN4O3S. The molecule has 0 aliphatic carbocycles. The topological polar surface area (TPSA) is 97.0 Å². The first kappa shape index (κ1) is 20.6. The van der Waals surface area contributed by atoms with Crippen molar-refractivity contribution in [2.45, 2.75) is 4.90 Å². The largest absolute Gasteiger partial charge is 0.455 e. The highest BCUT2D eigenvalue weighted by Gasteiger charge is 2.16. The fourth-order valence-corrected chi connectivity index (χ4v) is 3.31. The first-order valence-electron chi connectivity index (χ1n) is 8.44. The summed E-state index contributed by atoms with van der Waals surface area (Å²) in [4.78, 5) is 25.0. The molecule has 2 aromatic carbocycles. The van der Waals surface area contributed by atoms with E-state index in [0.717, 1.165) is 9.37 Å². The van der Waals surface area contributed by atoms with Crippen LogP contribution in [0.1, 0.15) is 5.56 Å². The van der Waals surface area contributed by atoms with Gasteiger partial charge in [-0.2, -0.15) is 10.4 Å². The van der Waals surface area contributed by atoms with Crippen molar-refractivity contribution in [3.8, 4) is 11.8 Å². The van der Waals surface area contributed by atoms with Gasteiger partial charge >= 0.3 is 5.97 Å². The predicted octanol–water partition coefficient (Wildman–Crippen LogP) is 3.78. The smallest absolute Gasteiger partial charge is 0.316 e. The molecule has 29 heavy (non-hydrogen) atoms. The van der Waals surface area contributed by atoms with Gasteiger partial charge in [-0.3, -0.25) is 9.59 Å². The molecule has 3 aromatic rings. The molecule has 3 rings (SSSR count). The lowest BCUT2D eigenvalue weighted by molar-refractivity contribution is -0.144. The normalized spacial score (nSPS) is 10.2. The third kappa shape index (κ3) is 5.70. The van der Waals surface area contributed by atoms with Crippen molar-refractivity contribution in [2.24, 2.45) is 0 Å². The van der Waals surface area contributed by atoms with Crippen LogP contribution >= 0.6 is 27.7 Å². The van der Waals surface area contributed by atoms with Gasteiger partial charge in [-0.15, -0.1) is 11.8 Å².